The average molecular weight is 210 g/mol. The Balaban J connectivity index is 1.72. The monoisotopic (exact) mass is 210 g/mol. The second-order valence-electron chi connectivity index (χ2n) is 4.48. The summed E-state index contributed by atoms with van der Waals surface area (Å²) in [7, 11) is 5.98. The van der Waals surface area contributed by atoms with Crippen LogP contribution < -0.4 is 0 Å². The Morgan fingerprint density at radius 1 is 1.07 bits per heavy atom. The second-order valence-corrected chi connectivity index (χ2v) is 5.95. The van der Waals surface area contributed by atoms with E-state index in [4.69, 9.17) is 12.6 Å². The van der Waals surface area contributed by atoms with E-state index in [2.05, 4.69) is 0 Å². The average Bonchev–Trinajstić information content (AvgIpc) is 2.19. The van der Waals surface area contributed by atoms with Crippen molar-refractivity contribution >= 4 is 19.6 Å². The Hall–Kier alpha value is 0.375. The van der Waals surface area contributed by atoms with E-state index in [-0.39, 0.29) is 0 Å². The lowest BCUT2D eigenvalue weighted by atomic mass is 9.75. The van der Waals surface area contributed by atoms with Gasteiger partial charge in [-0.15, -0.1) is 11.8 Å². The van der Waals surface area contributed by atoms with Crippen LogP contribution in [-0.2, 0) is 4.74 Å². The topological polar surface area (TPSA) is 9.23 Å². The summed E-state index contributed by atoms with van der Waals surface area (Å²) < 4.78 is 5.74. The summed E-state index contributed by atoms with van der Waals surface area (Å²) in [5.74, 6) is 0.449. The zero-order valence-electron chi connectivity index (χ0n) is 8.78. The van der Waals surface area contributed by atoms with Crippen molar-refractivity contribution in [3.8, 4) is 0 Å². The number of hydrogen-bond acceptors (Lipinski definition) is 2. The van der Waals surface area contributed by atoms with Gasteiger partial charge >= 0.3 is 0 Å². The van der Waals surface area contributed by atoms with Gasteiger partial charge in [-0.3, -0.25) is 0 Å². The smallest absolute Gasteiger partial charge is 0.103 e. The number of rotatable bonds is 2. The number of hydrogen-bond donors (Lipinski definition) is 0. The van der Waals surface area contributed by atoms with Crippen molar-refractivity contribution in [2.75, 3.05) is 6.61 Å². The molecule has 0 aromatic rings. The van der Waals surface area contributed by atoms with Gasteiger partial charge in [0.25, 0.3) is 0 Å². The highest BCUT2D eigenvalue weighted by atomic mass is 32.2. The SMILES string of the molecule is [B]C1CCCC(SC2CCCCO2)C1. The first-order valence-electron chi connectivity index (χ1n) is 5.87. The molecule has 1 saturated heterocycles. The fraction of sp³-hybridized carbons (Fsp3) is 1.00. The van der Waals surface area contributed by atoms with Crippen LogP contribution in [0.2, 0.25) is 5.82 Å². The molecule has 3 unspecified atom stereocenters. The van der Waals surface area contributed by atoms with E-state index in [0.29, 0.717) is 11.3 Å². The van der Waals surface area contributed by atoms with E-state index in [1.807, 2.05) is 11.8 Å². The molecular weight excluding hydrogens is 191 g/mol. The minimum absolute atomic E-state index is 0.449. The lowest BCUT2D eigenvalue weighted by molar-refractivity contribution is 0.0722. The van der Waals surface area contributed by atoms with Gasteiger partial charge in [-0.2, -0.15) is 0 Å². The standard InChI is InChI=1S/C11H19BOS/c12-9-4-3-5-10(8-9)14-11-6-1-2-7-13-11/h9-11H,1-8H2. The molecule has 3 heteroatoms. The molecule has 2 rings (SSSR count). The third-order valence-electron chi connectivity index (χ3n) is 3.15. The summed E-state index contributed by atoms with van der Waals surface area (Å²) >= 11 is 2.04. The molecule has 2 aliphatic rings. The highest BCUT2D eigenvalue weighted by molar-refractivity contribution is 8.00. The first kappa shape index (κ1) is 10.9. The van der Waals surface area contributed by atoms with E-state index in [1.165, 1.54) is 44.9 Å². The third-order valence-corrected chi connectivity index (χ3v) is 4.64. The Kier molecular flexibility index (Phi) is 4.24. The Morgan fingerprint density at radius 2 is 2.00 bits per heavy atom. The van der Waals surface area contributed by atoms with Crippen molar-refractivity contribution in [2.24, 2.45) is 0 Å². The van der Waals surface area contributed by atoms with Crippen molar-refractivity contribution in [2.45, 2.75) is 61.4 Å². The molecule has 1 saturated carbocycles. The summed E-state index contributed by atoms with van der Waals surface area (Å²) in [6.45, 7) is 0.969. The van der Waals surface area contributed by atoms with Gasteiger partial charge < -0.3 is 4.74 Å². The van der Waals surface area contributed by atoms with Crippen molar-refractivity contribution in [1.82, 2.24) is 0 Å². The molecule has 1 heterocycles. The first-order valence-corrected chi connectivity index (χ1v) is 6.81. The predicted molar refractivity (Wildman–Crippen MR) is 62.9 cm³/mol. The first-order chi connectivity index (χ1) is 6.84. The fourth-order valence-electron chi connectivity index (χ4n) is 2.34. The highest BCUT2D eigenvalue weighted by Gasteiger charge is 2.24. The van der Waals surface area contributed by atoms with Crippen LogP contribution >= 0.6 is 11.8 Å². The molecule has 0 amide bonds. The number of ether oxygens (including phenoxy) is 1. The molecule has 0 aromatic carbocycles. The molecule has 0 aromatic heterocycles. The molecule has 2 fully saturated rings. The van der Waals surface area contributed by atoms with Crippen LogP contribution in [0.3, 0.4) is 0 Å². The molecule has 1 nitrogen and oxygen atoms in total. The maximum absolute atomic E-state index is 5.98. The Morgan fingerprint density at radius 3 is 2.71 bits per heavy atom. The quantitative estimate of drug-likeness (QED) is 0.647. The minimum atomic E-state index is 0.449. The molecule has 0 spiro atoms. The second kappa shape index (κ2) is 5.46. The van der Waals surface area contributed by atoms with Crippen LogP contribution in [0.5, 0.6) is 0 Å². The van der Waals surface area contributed by atoms with Gasteiger partial charge in [0, 0.05) is 11.9 Å². The molecule has 0 bridgehead atoms. The van der Waals surface area contributed by atoms with Crippen LogP contribution in [-0.4, -0.2) is 25.1 Å². The third kappa shape index (κ3) is 3.20. The van der Waals surface area contributed by atoms with Crippen LogP contribution in [0.1, 0.15) is 44.9 Å². The molecule has 1 aliphatic carbocycles. The van der Waals surface area contributed by atoms with Crippen LogP contribution in [0, 0.1) is 0 Å². The van der Waals surface area contributed by atoms with E-state index < -0.39 is 0 Å². The largest absolute Gasteiger partial charge is 0.368 e. The van der Waals surface area contributed by atoms with E-state index in [9.17, 15) is 0 Å². The summed E-state index contributed by atoms with van der Waals surface area (Å²) in [5.41, 5.74) is 0.471. The van der Waals surface area contributed by atoms with Crippen molar-refractivity contribution in [3.05, 3.63) is 0 Å². The van der Waals surface area contributed by atoms with Gasteiger partial charge in [0.05, 0.1) is 7.85 Å². The Bertz CT molecular complexity index is 171. The molecule has 2 radical (unpaired) electrons. The van der Waals surface area contributed by atoms with E-state index in [0.717, 1.165) is 11.9 Å². The van der Waals surface area contributed by atoms with Gasteiger partial charge in [-0.25, -0.2) is 0 Å². The van der Waals surface area contributed by atoms with Crippen molar-refractivity contribution in [1.29, 1.82) is 0 Å². The van der Waals surface area contributed by atoms with Gasteiger partial charge in [0.2, 0.25) is 0 Å². The fourth-order valence-corrected chi connectivity index (χ4v) is 3.91. The zero-order valence-corrected chi connectivity index (χ0v) is 9.60. The lowest BCUT2D eigenvalue weighted by Gasteiger charge is -2.31. The molecule has 0 N–H and O–H groups in total. The van der Waals surface area contributed by atoms with Gasteiger partial charge in [-0.1, -0.05) is 18.7 Å². The summed E-state index contributed by atoms with van der Waals surface area (Å²) in [6.07, 6.45) is 8.92. The van der Waals surface area contributed by atoms with Gasteiger partial charge in [-0.05, 0) is 32.1 Å². The molecule has 78 valence electrons. The van der Waals surface area contributed by atoms with Crippen LogP contribution in [0.25, 0.3) is 0 Å². The number of thioether (sulfide) groups is 1. The summed E-state index contributed by atoms with van der Waals surface area (Å²) in [4.78, 5) is 0. The van der Waals surface area contributed by atoms with Crippen molar-refractivity contribution in [3.63, 3.8) is 0 Å². The molecule has 1 aliphatic heterocycles. The summed E-state index contributed by atoms with van der Waals surface area (Å²) in [6, 6.07) is 0. The van der Waals surface area contributed by atoms with Gasteiger partial charge in [0.1, 0.15) is 5.44 Å². The van der Waals surface area contributed by atoms with Crippen LogP contribution in [0.4, 0.5) is 0 Å². The maximum Gasteiger partial charge on any atom is 0.103 e. The highest BCUT2D eigenvalue weighted by Crippen LogP contribution is 2.37. The van der Waals surface area contributed by atoms with Crippen molar-refractivity contribution < 1.29 is 4.74 Å². The maximum atomic E-state index is 5.98. The van der Waals surface area contributed by atoms with E-state index >= 15 is 0 Å². The van der Waals surface area contributed by atoms with E-state index in [1.54, 1.807) is 0 Å². The predicted octanol–water partition coefficient (Wildman–Crippen LogP) is 3.15. The molecule has 3 atom stereocenters. The molecular formula is C11H19BOS. The van der Waals surface area contributed by atoms with Gasteiger partial charge in [0.15, 0.2) is 0 Å². The normalized spacial score (nSPS) is 39.6. The minimum Gasteiger partial charge on any atom is -0.368 e. The lowest BCUT2D eigenvalue weighted by Crippen LogP contribution is -2.22. The van der Waals surface area contributed by atoms with Crippen LogP contribution in [0.15, 0.2) is 0 Å². The Labute approximate surface area is 92.8 Å². The zero-order chi connectivity index (χ0) is 9.80. The summed E-state index contributed by atoms with van der Waals surface area (Å²) in [5, 5.41) is 0.766. The molecule has 14 heavy (non-hydrogen) atoms.